The molecule has 29 heteroatoms. The number of pyridine rings is 4. The maximum absolute atomic E-state index is 13.6. The zero-order valence-corrected chi connectivity index (χ0v) is 79.4. The van der Waals surface area contributed by atoms with Crippen molar-refractivity contribution in [3.63, 3.8) is 0 Å². The quantitative estimate of drug-likeness (QED) is 0.0654. The number of ketones is 4. The smallest absolute Gasteiger partial charge is 0.266 e. The Morgan fingerprint density at radius 2 is 0.618 bits per heavy atom. The molecule has 4 N–H and O–H groups in total. The first kappa shape index (κ1) is 94.6. The first-order valence-electron chi connectivity index (χ1n) is 52.2. The molecule has 0 saturated heterocycles. The van der Waals surface area contributed by atoms with Gasteiger partial charge in [0.25, 0.3) is 25.7 Å². The summed E-state index contributed by atoms with van der Waals surface area (Å²) >= 11 is 0. The molecular formula is C107H139F8N13O8. The number of aromatic nitrogens is 13. The van der Waals surface area contributed by atoms with Crippen LogP contribution in [0.1, 0.15) is 259 Å². The van der Waals surface area contributed by atoms with Crippen molar-refractivity contribution in [3.05, 3.63) is 92.4 Å². The number of alkyl halides is 8. The molecule has 8 aromatic heterocycles. The van der Waals surface area contributed by atoms with E-state index < -0.39 is 48.1 Å². The molecule has 8 aromatic rings. The highest BCUT2D eigenvalue weighted by atomic mass is 19.3. The van der Waals surface area contributed by atoms with E-state index in [4.69, 9.17) is 0 Å². The third-order valence-corrected chi connectivity index (χ3v) is 42.1. The van der Waals surface area contributed by atoms with Gasteiger partial charge in [-0.15, -0.1) is 0 Å². The van der Waals surface area contributed by atoms with Crippen LogP contribution in [-0.4, -0.2) is 156 Å². The summed E-state index contributed by atoms with van der Waals surface area (Å²) in [6.45, 7) is 10.5. The van der Waals surface area contributed by atoms with E-state index in [9.17, 15) is 74.7 Å². The van der Waals surface area contributed by atoms with E-state index in [1.54, 1.807) is 82.1 Å². The molecule has 16 aliphatic carbocycles. The van der Waals surface area contributed by atoms with E-state index in [-0.39, 0.29) is 150 Å². The lowest BCUT2D eigenvalue weighted by Crippen LogP contribution is -2.53. The maximum atomic E-state index is 13.6. The third-order valence-electron chi connectivity index (χ3n) is 42.1. The molecule has 136 heavy (non-hydrogen) atoms. The zero-order chi connectivity index (χ0) is 94.7. The van der Waals surface area contributed by atoms with Crippen LogP contribution in [0.3, 0.4) is 0 Å². The van der Waals surface area contributed by atoms with Crippen LogP contribution in [0.2, 0.25) is 0 Å². The van der Waals surface area contributed by atoms with E-state index in [1.165, 1.54) is 4.80 Å². The molecule has 16 aliphatic rings. The van der Waals surface area contributed by atoms with E-state index in [0.29, 0.717) is 126 Å². The standard InChI is InChI=1S/3C27H35F2N3O2.C26H34F2N4O2/c1-26-9-6-19-18-7-10-27(34,25(28)29)12-16(18)2-3-20(19)21(26)4-5-22(26)24(33)15-32-14-17-8-11-30-13-23(17)31-32;2*1-26-9-6-19-18-7-10-27(34,25(28)29)12-16(18)2-3-20(19)21(26)4-5-22(26)24(33)15-32-23-14-30-11-8-17(23)13-31-32;1-25-9-6-17-16-7-10-26(34,24(27)28)12-15(16)2-3-18(17)19(25)4-5-20(25)23(33)14-32-30-21-8-11-29-13-22(21)31-32/h3*8,11,13-14,16,18-22,25,34H,2-7,9-10,12,15H2,1H3;8,11,13,15-20,24,34H,2-7,9-10,12,14H2,1H3/t16-,18+,19-,20-,21+,22-,26+,27-;16-,18+,19-,20-,21+,22+,26+,27-;16-,18+,19-,20-,21+,22-,26+,27-;15-,16+,17-,18-,19+,20+,25+,26-/m1111/s1. The van der Waals surface area contributed by atoms with Crippen molar-refractivity contribution in [1.82, 2.24) is 64.3 Å². The number of halogens is 8. The lowest BCUT2D eigenvalue weighted by molar-refractivity contribution is -0.160. The topological polar surface area (TPSA) is 285 Å². The van der Waals surface area contributed by atoms with Crippen LogP contribution in [0.5, 0.6) is 0 Å². The predicted octanol–water partition coefficient (Wildman–Crippen LogP) is 20.5. The van der Waals surface area contributed by atoms with Crippen molar-refractivity contribution in [2.45, 2.75) is 333 Å². The van der Waals surface area contributed by atoms with Crippen LogP contribution in [0, 0.1) is 164 Å². The van der Waals surface area contributed by atoms with Crippen LogP contribution < -0.4 is 0 Å². The first-order valence-corrected chi connectivity index (χ1v) is 52.2. The first-order chi connectivity index (χ1) is 65.2. The Bertz CT molecular complexity index is 5300. The van der Waals surface area contributed by atoms with Gasteiger partial charge in [0.15, 0.2) is 23.1 Å². The van der Waals surface area contributed by atoms with Gasteiger partial charge < -0.3 is 20.4 Å². The second kappa shape index (κ2) is 36.4. The van der Waals surface area contributed by atoms with Gasteiger partial charge in [-0.3, -0.25) is 53.2 Å². The van der Waals surface area contributed by atoms with Gasteiger partial charge in [-0.05, 0) is 395 Å². The highest BCUT2D eigenvalue weighted by Crippen LogP contribution is 2.71. The number of rotatable bonds is 16. The van der Waals surface area contributed by atoms with Gasteiger partial charge in [0, 0.05) is 70.8 Å². The van der Waals surface area contributed by atoms with Crippen molar-refractivity contribution in [2.75, 3.05) is 0 Å². The van der Waals surface area contributed by atoms with Gasteiger partial charge in [-0.25, -0.2) is 35.1 Å². The van der Waals surface area contributed by atoms with Crippen molar-refractivity contribution in [2.24, 2.45) is 164 Å². The summed E-state index contributed by atoms with van der Waals surface area (Å²) < 4.78 is 113. The molecule has 0 amide bonds. The molecule has 736 valence electrons. The second-order valence-corrected chi connectivity index (χ2v) is 47.7. The van der Waals surface area contributed by atoms with Crippen molar-refractivity contribution < 1.29 is 74.7 Å². The average molecular weight is 1890 g/mol. The number of nitrogens with zero attached hydrogens (tertiary/aromatic N) is 13. The van der Waals surface area contributed by atoms with E-state index >= 15 is 0 Å². The number of hydrogen-bond donors (Lipinski definition) is 4. The summed E-state index contributed by atoms with van der Waals surface area (Å²) in [6.07, 6.45) is 38.2. The zero-order valence-electron chi connectivity index (χ0n) is 79.4. The van der Waals surface area contributed by atoms with Crippen LogP contribution in [0.15, 0.2) is 92.4 Å². The number of Topliss-reactive ketones (excluding diaryl/α,β-unsaturated/α-hetero) is 4. The van der Waals surface area contributed by atoms with Gasteiger partial charge in [-0.1, -0.05) is 27.7 Å². The van der Waals surface area contributed by atoms with Gasteiger partial charge in [0.1, 0.15) is 58.6 Å². The molecule has 24 rings (SSSR count). The minimum absolute atomic E-state index is 0.00239. The summed E-state index contributed by atoms with van der Waals surface area (Å²) in [4.78, 5) is 72.2. The molecule has 0 aliphatic heterocycles. The van der Waals surface area contributed by atoms with Gasteiger partial charge in [-0.2, -0.15) is 30.3 Å². The number of fused-ring (bicyclic) bond motifs is 24. The van der Waals surface area contributed by atoms with Crippen LogP contribution in [0.4, 0.5) is 35.1 Å². The normalized spacial score (nSPS) is 41.8. The fraction of sp³-hybridized carbons (Fsp3) is 0.748. The van der Waals surface area contributed by atoms with Crippen molar-refractivity contribution in [3.8, 4) is 0 Å². The van der Waals surface area contributed by atoms with E-state index in [0.717, 1.165) is 212 Å². The summed E-state index contributed by atoms with van der Waals surface area (Å²) in [6, 6.07) is 7.56. The predicted molar refractivity (Wildman–Crippen MR) is 494 cm³/mol. The Hall–Kier alpha value is -7.63. The molecule has 16 saturated carbocycles. The molecule has 0 bridgehead atoms. The molecule has 0 radical (unpaired) electrons. The van der Waals surface area contributed by atoms with Crippen molar-refractivity contribution >= 4 is 66.9 Å². The number of carbonyl (C=O) groups excluding carboxylic acids is 4. The summed E-state index contributed by atoms with van der Waals surface area (Å²) in [5, 5.41) is 67.1. The summed E-state index contributed by atoms with van der Waals surface area (Å²) in [5.41, 5.74) is -3.01. The van der Waals surface area contributed by atoms with Crippen LogP contribution in [0.25, 0.3) is 43.7 Å². The second-order valence-electron chi connectivity index (χ2n) is 47.7. The van der Waals surface area contributed by atoms with E-state index in [2.05, 4.69) is 73.1 Å². The van der Waals surface area contributed by atoms with Crippen LogP contribution >= 0.6 is 0 Å². The lowest BCUT2D eigenvalue weighted by Gasteiger charge is -2.57. The fourth-order valence-corrected chi connectivity index (χ4v) is 35.5. The number of hydrogen-bond acceptors (Lipinski definition) is 17. The van der Waals surface area contributed by atoms with Crippen molar-refractivity contribution in [1.29, 1.82) is 0 Å². The largest absolute Gasteiger partial charge is 0.384 e. The summed E-state index contributed by atoms with van der Waals surface area (Å²) in [7, 11) is 0. The Morgan fingerprint density at radius 3 is 0.956 bits per heavy atom. The Morgan fingerprint density at radius 1 is 0.316 bits per heavy atom. The monoisotopic (exact) mass is 1890 g/mol. The molecular weight excluding hydrogens is 1750 g/mol. The molecule has 0 aromatic carbocycles. The summed E-state index contributed by atoms with van der Waals surface area (Å²) in [5.74, 6) is 10.7. The number of carbonyl (C=O) groups is 4. The van der Waals surface area contributed by atoms with Gasteiger partial charge in [0.05, 0.1) is 54.8 Å². The minimum Gasteiger partial charge on any atom is -0.384 e. The highest BCUT2D eigenvalue weighted by molar-refractivity contribution is 5.87. The Labute approximate surface area is 791 Å². The SMILES string of the molecule is C[C@]12CC[C@H]3[C@@H](CC[C@@H]4C[C@@](O)(C(F)F)CC[C@@H]43)[C@@H]1CC[C@@H]2C(=O)Cn1cc2ccncc2n1.C[C@]12CC[C@H]3[C@@H](CC[C@@H]4C[C@@](O)(C(F)F)CC[C@@H]43)[C@@H]1CC[C@@H]2C(=O)Cn1ncc2ccncc21.C[C@]12CC[C@H]3[C@@H](CC[C@@H]4C[C@@](O)(C(F)F)CC[C@@H]43)[C@@H]1CC[C@H]2C(=O)Cn1nc2ccncc2n1.C[C@]12CC[C@H]3[C@@H](CC[C@@H]4C[C@@](O)(C(F)F)CC[C@@H]43)[C@@H]1CC[C@H]2C(=O)Cn1ncc2ccncc21. The van der Waals surface area contributed by atoms with Crippen LogP contribution in [-0.2, 0) is 45.4 Å². The highest BCUT2D eigenvalue weighted by Gasteiger charge is 2.66. The Kier molecular flexibility index (Phi) is 25.3. The number of aliphatic hydroxyl groups is 4. The fourth-order valence-electron chi connectivity index (χ4n) is 35.5. The van der Waals surface area contributed by atoms with Gasteiger partial charge >= 0.3 is 0 Å². The molecule has 32 atom stereocenters. The molecule has 21 nitrogen and oxygen atoms in total. The average Bonchev–Trinajstić information content (AvgIpc) is 1.55. The third kappa shape index (κ3) is 16.6. The maximum Gasteiger partial charge on any atom is 0.266 e. The molecule has 16 fully saturated rings. The van der Waals surface area contributed by atoms with Gasteiger partial charge in [0.2, 0.25) is 0 Å². The Balaban J connectivity index is 0.000000108. The molecule has 0 unspecified atom stereocenters. The molecule has 8 heterocycles. The lowest BCUT2D eigenvalue weighted by atomic mass is 9.49. The molecule has 0 spiro atoms. The van der Waals surface area contributed by atoms with E-state index in [1.807, 2.05) is 24.4 Å². The minimum atomic E-state index is -2.65.